The van der Waals surface area contributed by atoms with Gasteiger partial charge in [0.15, 0.2) is 0 Å². The lowest BCUT2D eigenvalue weighted by Crippen LogP contribution is -2.15. The minimum atomic E-state index is -3.98. The number of rotatable bonds is 6. The van der Waals surface area contributed by atoms with Crippen molar-refractivity contribution in [2.45, 2.75) is 17.7 Å². The molecule has 0 fully saturated rings. The average molecular weight is 420 g/mol. The van der Waals surface area contributed by atoms with E-state index in [-0.39, 0.29) is 22.3 Å². The maximum absolute atomic E-state index is 12.6. The number of ether oxygens (including phenoxy) is 1. The lowest BCUT2D eigenvalue weighted by molar-refractivity contribution is 0.147. The van der Waals surface area contributed by atoms with Gasteiger partial charge in [-0.15, -0.1) is 11.3 Å². The first-order valence-corrected chi connectivity index (χ1v) is 9.92. The van der Waals surface area contributed by atoms with Gasteiger partial charge in [0, 0.05) is 38.7 Å². The molecule has 0 bridgehead atoms. The smallest absolute Gasteiger partial charge is 0.265 e. The maximum Gasteiger partial charge on any atom is 0.265 e. The molecule has 0 amide bonds. The van der Waals surface area contributed by atoms with Crippen molar-refractivity contribution < 1.29 is 21.9 Å². The number of hydrogen-bond donors (Lipinski definition) is 1. The summed E-state index contributed by atoms with van der Waals surface area (Å²) in [6.45, 7) is 0. The number of fused-ring (bicyclic) bond motifs is 1. The number of hydrogen-bond acceptors (Lipinski definition) is 6. The number of sulfonamides is 1. The van der Waals surface area contributed by atoms with Gasteiger partial charge < -0.3 is 4.74 Å². The monoisotopic (exact) mass is 419 g/mol. The molecule has 6 nitrogen and oxygen atoms in total. The highest BCUT2D eigenvalue weighted by atomic mass is 35.5. The van der Waals surface area contributed by atoms with E-state index < -0.39 is 22.9 Å². The Morgan fingerprint density at radius 2 is 2.15 bits per heavy atom. The Morgan fingerprint density at radius 1 is 1.38 bits per heavy atom. The molecule has 26 heavy (non-hydrogen) atoms. The summed E-state index contributed by atoms with van der Waals surface area (Å²) in [7, 11) is -2.73. The van der Waals surface area contributed by atoms with Gasteiger partial charge in [-0.2, -0.15) is 4.98 Å². The van der Waals surface area contributed by atoms with Crippen molar-refractivity contribution in [1.82, 2.24) is 9.97 Å². The second kappa shape index (κ2) is 7.29. The van der Waals surface area contributed by atoms with Gasteiger partial charge in [-0.25, -0.2) is 26.9 Å². The Kier molecular flexibility index (Phi) is 5.26. The van der Waals surface area contributed by atoms with Crippen molar-refractivity contribution in [1.29, 1.82) is 0 Å². The maximum atomic E-state index is 12.6. The van der Waals surface area contributed by atoms with Crippen LogP contribution in [0.3, 0.4) is 0 Å². The third kappa shape index (κ3) is 3.87. The number of benzene rings is 1. The number of nitrogens with one attached hydrogen (secondary N) is 1. The molecule has 2 heterocycles. The van der Waals surface area contributed by atoms with Gasteiger partial charge >= 0.3 is 0 Å². The van der Waals surface area contributed by atoms with Crippen LogP contribution in [0.1, 0.15) is 5.56 Å². The molecule has 3 aromatic rings. The number of nitrogens with zero attached hydrogens (tertiary/aromatic N) is 2. The molecule has 1 aromatic carbocycles. The fourth-order valence-electron chi connectivity index (χ4n) is 2.28. The van der Waals surface area contributed by atoms with E-state index in [2.05, 4.69) is 14.7 Å². The normalized spacial score (nSPS) is 11.9. The van der Waals surface area contributed by atoms with Crippen molar-refractivity contribution in [2.24, 2.45) is 0 Å². The first-order valence-electron chi connectivity index (χ1n) is 7.18. The fraction of sp³-hybridized carbons (Fsp3) is 0.200. The molecule has 0 saturated carbocycles. The van der Waals surface area contributed by atoms with E-state index in [4.69, 9.17) is 16.3 Å². The molecule has 0 aliphatic heterocycles. The molecule has 0 radical (unpaired) electrons. The van der Waals surface area contributed by atoms with Gasteiger partial charge in [-0.1, -0.05) is 17.7 Å². The predicted octanol–water partition coefficient (Wildman–Crippen LogP) is 3.96. The van der Waals surface area contributed by atoms with E-state index >= 15 is 0 Å². The van der Waals surface area contributed by atoms with Crippen molar-refractivity contribution in [3.63, 3.8) is 0 Å². The highest BCUT2D eigenvalue weighted by Gasteiger charge is 2.22. The molecule has 0 unspecified atom stereocenters. The van der Waals surface area contributed by atoms with Gasteiger partial charge in [0.25, 0.3) is 10.0 Å². The van der Waals surface area contributed by atoms with Gasteiger partial charge in [-0.3, -0.25) is 0 Å². The third-order valence-corrected chi connectivity index (χ3v) is 6.11. The van der Waals surface area contributed by atoms with E-state index in [0.717, 1.165) is 6.20 Å². The standard InChI is InChI=1S/C15H12ClF2N3O3S2/c1-24-14-8(4-13(17)18)6-19-15(20-14)21-26(22,23)12-7-25-11-5-9(16)2-3-10(11)12/h2-3,5-7,13H,4H2,1H3,(H,19,20,21). The summed E-state index contributed by atoms with van der Waals surface area (Å²) in [5, 5.41) is 2.48. The van der Waals surface area contributed by atoms with Crippen LogP contribution in [0.4, 0.5) is 14.7 Å². The molecule has 0 aliphatic rings. The Hall–Kier alpha value is -2.04. The van der Waals surface area contributed by atoms with Crippen LogP contribution in [-0.2, 0) is 16.4 Å². The molecular weight excluding hydrogens is 408 g/mol. The van der Waals surface area contributed by atoms with Gasteiger partial charge in [0.05, 0.1) is 7.11 Å². The highest BCUT2D eigenvalue weighted by Crippen LogP contribution is 2.32. The Morgan fingerprint density at radius 3 is 2.85 bits per heavy atom. The Bertz CT molecular complexity index is 1060. The number of thiophene rings is 1. The zero-order valence-corrected chi connectivity index (χ0v) is 15.6. The minimum Gasteiger partial charge on any atom is -0.481 e. The molecule has 3 rings (SSSR count). The summed E-state index contributed by atoms with van der Waals surface area (Å²) in [6.07, 6.45) is -2.08. The zero-order valence-electron chi connectivity index (χ0n) is 13.2. The average Bonchev–Trinajstić information content (AvgIpc) is 2.99. The van der Waals surface area contributed by atoms with Crippen LogP contribution in [0.15, 0.2) is 34.7 Å². The number of alkyl halides is 2. The van der Waals surface area contributed by atoms with E-state index in [0.29, 0.717) is 15.1 Å². The van der Waals surface area contributed by atoms with Crippen molar-refractivity contribution in [2.75, 3.05) is 11.8 Å². The summed E-state index contributed by atoms with van der Waals surface area (Å²) in [5.74, 6) is -0.381. The molecule has 0 spiro atoms. The van der Waals surface area contributed by atoms with Gasteiger partial charge in [-0.05, 0) is 12.1 Å². The summed E-state index contributed by atoms with van der Waals surface area (Å²) >= 11 is 7.14. The summed E-state index contributed by atoms with van der Waals surface area (Å²) < 4.78 is 58.3. The minimum absolute atomic E-state index is 0.0494. The lowest BCUT2D eigenvalue weighted by atomic mass is 10.2. The largest absolute Gasteiger partial charge is 0.481 e. The quantitative estimate of drug-likeness (QED) is 0.654. The number of aromatic nitrogens is 2. The molecule has 0 atom stereocenters. The molecule has 2 aromatic heterocycles. The first kappa shape index (κ1) is 18.7. The van der Waals surface area contributed by atoms with E-state index in [1.165, 1.54) is 23.8 Å². The van der Waals surface area contributed by atoms with Crippen LogP contribution >= 0.6 is 22.9 Å². The van der Waals surface area contributed by atoms with E-state index in [1.807, 2.05) is 0 Å². The Balaban J connectivity index is 1.94. The summed E-state index contributed by atoms with van der Waals surface area (Å²) in [5.41, 5.74) is 0.0843. The number of anilines is 1. The molecule has 11 heteroatoms. The molecule has 0 saturated heterocycles. The summed E-state index contributed by atoms with van der Waals surface area (Å²) in [4.78, 5) is 7.71. The molecule has 0 aliphatic carbocycles. The predicted molar refractivity (Wildman–Crippen MR) is 95.9 cm³/mol. The highest BCUT2D eigenvalue weighted by molar-refractivity contribution is 7.93. The fourth-order valence-corrected chi connectivity index (χ4v) is 5.01. The van der Waals surface area contributed by atoms with Crippen molar-refractivity contribution in [3.8, 4) is 5.88 Å². The van der Waals surface area contributed by atoms with E-state index in [1.54, 1.807) is 18.2 Å². The van der Waals surface area contributed by atoms with Gasteiger partial charge in [0.2, 0.25) is 18.3 Å². The van der Waals surface area contributed by atoms with Crippen LogP contribution in [0.5, 0.6) is 5.88 Å². The van der Waals surface area contributed by atoms with Crippen molar-refractivity contribution >= 4 is 49.0 Å². The number of halogens is 3. The van der Waals surface area contributed by atoms with Crippen LogP contribution < -0.4 is 9.46 Å². The first-order chi connectivity index (χ1) is 12.3. The zero-order chi connectivity index (χ0) is 18.9. The SMILES string of the molecule is COc1nc(NS(=O)(=O)c2csc3cc(Cl)ccc23)ncc1CC(F)F. The molecule has 1 N–H and O–H groups in total. The van der Waals surface area contributed by atoms with Crippen LogP contribution in [0, 0.1) is 0 Å². The molecular formula is C15H12ClF2N3O3S2. The summed E-state index contributed by atoms with van der Waals surface area (Å²) in [6, 6.07) is 4.86. The van der Waals surface area contributed by atoms with Gasteiger partial charge in [0.1, 0.15) is 4.90 Å². The van der Waals surface area contributed by atoms with Crippen LogP contribution in [0.25, 0.3) is 10.1 Å². The van der Waals surface area contributed by atoms with E-state index in [9.17, 15) is 17.2 Å². The number of methoxy groups -OCH3 is 1. The van der Waals surface area contributed by atoms with Crippen molar-refractivity contribution in [3.05, 3.63) is 40.4 Å². The third-order valence-electron chi connectivity index (χ3n) is 3.41. The Labute approximate surface area is 156 Å². The molecule has 138 valence electrons. The van der Waals surface area contributed by atoms with Crippen LogP contribution in [0.2, 0.25) is 5.02 Å². The second-order valence-electron chi connectivity index (χ2n) is 5.17. The second-order valence-corrected chi connectivity index (χ2v) is 8.17. The lowest BCUT2D eigenvalue weighted by Gasteiger charge is -2.10. The topological polar surface area (TPSA) is 81.2 Å². The van der Waals surface area contributed by atoms with Crippen LogP contribution in [-0.4, -0.2) is 31.9 Å².